The second-order valence-electron chi connectivity index (χ2n) is 3.70. The van der Waals surface area contributed by atoms with E-state index in [0.717, 1.165) is 37.2 Å². The molecule has 0 saturated heterocycles. The van der Waals surface area contributed by atoms with Gasteiger partial charge in [-0.05, 0) is 25.5 Å². The molecule has 0 spiro atoms. The van der Waals surface area contributed by atoms with E-state index in [1.165, 1.54) is 0 Å². The van der Waals surface area contributed by atoms with Gasteiger partial charge in [0.15, 0.2) is 5.82 Å². The van der Waals surface area contributed by atoms with Gasteiger partial charge in [-0.2, -0.15) is 10.4 Å². The number of nitrogens with zero attached hydrogens (tertiary/aromatic N) is 3. The van der Waals surface area contributed by atoms with Crippen LogP contribution in [0.5, 0.6) is 0 Å². The van der Waals surface area contributed by atoms with Crippen LogP contribution in [0.3, 0.4) is 0 Å². The molecule has 0 aliphatic rings. The van der Waals surface area contributed by atoms with Crippen molar-refractivity contribution in [1.82, 2.24) is 15.5 Å². The van der Waals surface area contributed by atoms with E-state index in [1.807, 2.05) is 20.9 Å². The summed E-state index contributed by atoms with van der Waals surface area (Å²) in [6.07, 6.45) is 1.62. The Bertz CT molecular complexity index is 408. The van der Waals surface area contributed by atoms with Crippen molar-refractivity contribution >= 4 is 5.82 Å². The molecule has 0 bridgehead atoms. The topological polar surface area (TPSA) is 73.6 Å². The molecule has 0 amide bonds. The van der Waals surface area contributed by atoms with Gasteiger partial charge in [-0.1, -0.05) is 13.8 Å². The van der Waals surface area contributed by atoms with Crippen LogP contribution in [0.25, 0.3) is 0 Å². The number of hydrogen-bond acceptors (Lipinski definition) is 5. The molecule has 1 rings (SSSR count). The second-order valence-corrected chi connectivity index (χ2v) is 3.70. The Hall–Kier alpha value is -1.67. The number of nitriles is 1. The summed E-state index contributed by atoms with van der Waals surface area (Å²) in [5, 5.41) is 23.7. The molecule has 1 aromatic rings. The van der Waals surface area contributed by atoms with Gasteiger partial charge in [-0.3, -0.25) is 0 Å². The minimum atomic E-state index is 0.594. The predicted molar refractivity (Wildman–Crippen MR) is 67.9 cm³/mol. The Morgan fingerprint density at radius 2 is 1.94 bits per heavy atom. The van der Waals surface area contributed by atoms with Gasteiger partial charge in [-0.25, -0.2) is 0 Å². The summed E-state index contributed by atoms with van der Waals surface area (Å²) in [7, 11) is 1.89. The summed E-state index contributed by atoms with van der Waals surface area (Å²) >= 11 is 0. The normalized spacial score (nSPS) is 10.0. The van der Waals surface area contributed by atoms with Crippen LogP contribution in [-0.2, 0) is 12.8 Å². The molecule has 92 valence electrons. The standard InChI is InChI=1S/C12H19N5/c1-4-9-10(8-13)12(15-7-6-14-3)17-16-11(9)5-2/h14H,4-7H2,1-3H3,(H,15,17). The zero-order valence-electron chi connectivity index (χ0n) is 10.7. The number of nitrogens with one attached hydrogen (secondary N) is 2. The molecule has 0 aromatic carbocycles. The molecular formula is C12H19N5. The number of likely N-dealkylation sites (N-methyl/N-ethyl adjacent to an activating group) is 1. The molecule has 0 atom stereocenters. The van der Waals surface area contributed by atoms with Crippen molar-refractivity contribution < 1.29 is 0 Å². The van der Waals surface area contributed by atoms with E-state index in [2.05, 4.69) is 26.9 Å². The molecular weight excluding hydrogens is 214 g/mol. The molecule has 0 saturated carbocycles. The van der Waals surface area contributed by atoms with Gasteiger partial charge < -0.3 is 10.6 Å². The highest BCUT2D eigenvalue weighted by Crippen LogP contribution is 2.19. The fraction of sp³-hybridized carbons (Fsp3) is 0.583. The highest BCUT2D eigenvalue weighted by Gasteiger charge is 2.13. The maximum atomic E-state index is 9.23. The third-order valence-corrected chi connectivity index (χ3v) is 2.63. The largest absolute Gasteiger partial charge is 0.366 e. The van der Waals surface area contributed by atoms with E-state index in [1.54, 1.807) is 0 Å². The van der Waals surface area contributed by atoms with E-state index in [4.69, 9.17) is 0 Å². The average Bonchev–Trinajstić information content (AvgIpc) is 2.38. The van der Waals surface area contributed by atoms with E-state index >= 15 is 0 Å². The zero-order chi connectivity index (χ0) is 12.7. The number of anilines is 1. The van der Waals surface area contributed by atoms with Crippen LogP contribution in [0.2, 0.25) is 0 Å². The molecule has 0 fully saturated rings. The SMILES string of the molecule is CCc1nnc(NCCNC)c(C#N)c1CC. The van der Waals surface area contributed by atoms with Gasteiger partial charge >= 0.3 is 0 Å². The Morgan fingerprint density at radius 3 is 2.47 bits per heavy atom. The molecule has 0 aliphatic heterocycles. The van der Waals surface area contributed by atoms with Crippen molar-refractivity contribution in [1.29, 1.82) is 5.26 Å². The molecule has 5 heteroatoms. The van der Waals surface area contributed by atoms with Crippen LogP contribution in [0, 0.1) is 11.3 Å². The van der Waals surface area contributed by atoms with Crippen molar-refractivity contribution in [3.05, 3.63) is 16.8 Å². The first-order valence-corrected chi connectivity index (χ1v) is 5.95. The van der Waals surface area contributed by atoms with Gasteiger partial charge in [-0.15, -0.1) is 5.10 Å². The van der Waals surface area contributed by atoms with Gasteiger partial charge in [0.2, 0.25) is 0 Å². The summed E-state index contributed by atoms with van der Waals surface area (Å²) in [6, 6.07) is 2.23. The lowest BCUT2D eigenvalue weighted by Gasteiger charge is -2.11. The van der Waals surface area contributed by atoms with Gasteiger partial charge in [0.25, 0.3) is 0 Å². The molecule has 5 nitrogen and oxygen atoms in total. The van der Waals surface area contributed by atoms with Crippen LogP contribution in [0.1, 0.15) is 30.7 Å². The van der Waals surface area contributed by atoms with Crippen LogP contribution in [0.15, 0.2) is 0 Å². The fourth-order valence-corrected chi connectivity index (χ4v) is 1.72. The molecule has 17 heavy (non-hydrogen) atoms. The van der Waals surface area contributed by atoms with E-state index < -0.39 is 0 Å². The van der Waals surface area contributed by atoms with Crippen molar-refractivity contribution in [3.8, 4) is 6.07 Å². The highest BCUT2D eigenvalue weighted by atomic mass is 15.2. The number of hydrogen-bond donors (Lipinski definition) is 2. The minimum absolute atomic E-state index is 0.594. The number of aryl methyl sites for hydroxylation is 1. The third kappa shape index (κ3) is 3.14. The first kappa shape index (κ1) is 13.4. The predicted octanol–water partition coefficient (Wildman–Crippen LogP) is 1.10. The Kier molecular flexibility index (Phi) is 5.37. The lowest BCUT2D eigenvalue weighted by molar-refractivity contribution is 0.811. The molecule has 0 unspecified atom stereocenters. The number of rotatable bonds is 6. The molecule has 0 aliphatic carbocycles. The molecule has 2 N–H and O–H groups in total. The summed E-state index contributed by atoms with van der Waals surface area (Å²) in [4.78, 5) is 0. The molecule has 1 aromatic heterocycles. The first-order valence-electron chi connectivity index (χ1n) is 5.95. The second kappa shape index (κ2) is 6.81. The van der Waals surface area contributed by atoms with E-state index in [0.29, 0.717) is 11.4 Å². The maximum Gasteiger partial charge on any atom is 0.166 e. The van der Waals surface area contributed by atoms with Crippen molar-refractivity contribution in [2.45, 2.75) is 26.7 Å². The van der Waals surface area contributed by atoms with Crippen LogP contribution in [0.4, 0.5) is 5.82 Å². The van der Waals surface area contributed by atoms with Gasteiger partial charge in [0, 0.05) is 13.1 Å². The average molecular weight is 233 g/mol. The summed E-state index contributed by atoms with van der Waals surface area (Å²) < 4.78 is 0. The quantitative estimate of drug-likeness (QED) is 0.720. The van der Waals surface area contributed by atoms with E-state index in [-0.39, 0.29) is 0 Å². The van der Waals surface area contributed by atoms with E-state index in [9.17, 15) is 5.26 Å². The lowest BCUT2D eigenvalue weighted by Crippen LogP contribution is -2.19. The Labute approximate surface area is 102 Å². The van der Waals surface area contributed by atoms with Crippen LogP contribution in [-0.4, -0.2) is 30.3 Å². The lowest BCUT2D eigenvalue weighted by atomic mass is 10.0. The van der Waals surface area contributed by atoms with Gasteiger partial charge in [0.05, 0.1) is 5.69 Å². The van der Waals surface area contributed by atoms with Crippen LogP contribution < -0.4 is 10.6 Å². The third-order valence-electron chi connectivity index (χ3n) is 2.63. The molecule has 1 heterocycles. The summed E-state index contributed by atoms with van der Waals surface area (Å²) in [6.45, 7) is 5.62. The Morgan fingerprint density at radius 1 is 1.18 bits per heavy atom. The first-order chi connectivity index (χ1) is 8.28. The van der Waals surface area contributed by atoms with Crippen molar-refractivity contribution in [3.63, 3.8) is 0 Å². The fourth-order valence-electron chi connectivity index (χ4n) is 1.72. The maximum absolute atomic E-state index is 9.23. The van der Waals surface area contributed by atoms with Crippen molar-refractivity contribution in [2.75, 3.05) is 25.5 Å². The Balaban J connectivity index is 3.02. The zero-order valence-corrected chi connectivity index (χ0v) is 10.7. The number of aromatic nitrogens is 2. The van der Waals surface area contributed by atoms with Crippen molar-refractivity contribution in [2.24, 2.45) is 0 Å². The highest BCUT2D eigenvalue weighted by molar-refractivity contribution is 5.56. The minimum Gasteiger partial charge on any atom is -0.366 e. The summed E-state index contributed by atoms with van der Waals surface area (Å²) in [5.74, 6) is 0.594. The monoisotopic (exact) mass is 233 g/mol. The smallest absolute Gasteiger partial charge is 0.166 e. The molecule has 0 radical (unpaired) electrons. The van der Waals surface area contributed by atoms with Crippen LogP contribution >= 0.6 is 0 Å². The van der Waals surface area contributed by atoms with Gasteiger partial charge in [0.1, 0.15) is 11.6 Å². The summed E-state index contributed by atoms with van der Waals surface area (Å²) in [5.41, 5.74) is 2.57.